The first-order chi connectivity index (χ1) is 14.9. The molecule has 1 N–H and O–H groups in total. The van der Waals surface area contributed by atoms with E-state index in [-0.39, 0.29) is 4.90 Å². The maximum Gasteiger partial charge on any atom is 0.294 e. The van der Waals surface area contributed by atoms with Crippen LogP contribution >= 0.6 is 0 Å². The highest BCUT2D eigenvalue weighted by Crippen LogP contribution is 2.25. The summed E-state index contributed by atoms with van der Waals surface area (Å²) >= 11 is 0. The molecular formula is C27H48O3S. The Hall–Kier alpha value is -0.870. The Kier molecular flexibility index (Phi) is 15.2. The summed E-state index contributed by atoms with van der Waals surface area (Å²) in [5.74, 6) is 0.353. The van der Waals surface area contributed by atoms with Crippen molar-refractivity contribution in [2.45, 2.75) is 141 Å². The lowest BCUT2D eigenvalue weighted by molar-refractivity contribution is 0.483. The normalized spacial score (nSPS) is 12.0. The van der Waals surface area contributed by atoms with Gasteiger partial charge in [-0.1, -0.05) is 123 Å². The molecule has 1 aromatic rings. The number of aryl methyl sites for hydroxylation is 1. The van der Waals surface area contributed by atoms with Crippen LogP contribution in [0.15, 0.2) is 23.1 Å². The summed E-state index contributed by atoms with van der Waals surface area (Å²) in [7, 11) is -4.13. The zero-order valence-electron chi connectivity index (χ0n) is 20.5. The van der Waals surface area contributed by atoms with Crippen LogP contribution in [-0.2, 0) is 16.5 Å². The Morgan fingerprint density at radius 2 is 1.13 bits per heavy atom. The average molecular weight is 453 g/mol. The van der Waals surface area contributed by atoms with Gasteiger partial charge in [0.1, 0.15) is 0 Å². The average Bonchev–Trinajstić information content (AvgIpc) is 2.72. The van der Waals surface area contributed by atoms with Gasteiger partial charge in [-0.05, 0) is 42.0 Å². The quantitative estimate of drug-likeness (QED) is 0.168. The third-order valence-corrected chi connectivity index (χ3v) is 7.18. The number of hydrogen-bond donors (Lipinski definition) is 1. The van der Waals surface area contributed by atoms with E-state index in [1.807, 2.05) is 6.07 Å². The lowest BCUT2D eigenvalue weighted by Crippen LogP contribution is -2.03. The Labute approximate surface area is 193 Å². The molecule has 0 aromatic heterocycles. The Balaban J connectivity index is 2.08. The molecule has 0 heterocycles. The summed E-state index contributed by atoms with van der Waals surface area (Å²) in [4.78, 5) is 0.0170. The first kappa shape index (κ1) is 28.2. The topological polar surface area (TPSA) is 54.4 Å². The zero-order chi connectivity index (χ0) is 23.0. The summed E-state index contributed by atoms with van der Waals surface area (Å²) in [5.41, 5.74) is 2.25. The third-order valence-electron chi connectivity index (χ3n) is 6.33. The second-order valence-electron chi connectivity index (χ2n) is 9.54. The Bertz CT molecular complexity index is 680. The van der Waals surface area contributed by atoms with E-state index in [9.17, 15) is 13.0 Å². The van der Waals surface area contributed by atoms with Gasteiger partial charge in [0.25, 0.3) is 10.1 Å². The molecule has 1 aromatic carbocycles. The van der Waals surface area contributed by atoms with Gasteiger partial charge in [-0.3, -0.25) is 4.55 Å². The molecule has 0 aliphatic heterocycles. The van der Waals surface area contributed by atoms with Crippen molar-refractivity contribution in [2.24, 2.45) is 0 Å². The minimum atomic E-state index is -4.13. The lowest BCUT2D eigenvalue weighted by atomic mass is 9.93. The summed E-state index contributed by atoms with van der Waals surface area (Å²) in [6, 6.07) is 5.03. The predicted molar refractivity (Wildman–Crippen MR) is 134 cm³/mol. The van der Waals surface area contributed by atoms with Crippen LogP contribution in [0.2, 0.25) is 0 Å². The minimum Gasteiger partial charge on any atom is -0.282 e. The molecule has 0 fully saturated rings. The maximum atomic E-state index is 11.4. The van der Waals surface area contributed by atoms with E-state index in [4.69, 9.17) is 0 Å². The van der Waals surface area contributed by atoms with Gasteiger partial charge in [-0.2, -0.15) is 8.42 Å². The van der Waals surface area contributed by atoms with Crippen molar-refractivity contribution >= 4 is 10.1 Å². The van der Waals surface area contributed by atoms with Crippen molar-refractivity contribution in [1.29, 1.82) is 0 Å². The number of benzene rings is 1. The van der Waals surface area contributed by atoms with Gasteiger partial charge in [0.15, 0.2) is 0 Å². The van der Waals surface area contributed by atoms with E-state index in [0.717, 1.165) is 18.4 Å². The van der Waals surface area contributed by atoms with Crippen LogP contribution in [-0.4, -0.2) is 13.0 Å². The largest absolute Gasteiger partial charge is 0.294 e. The number of rotatable bonds is 19. The Morgan fingerprint density at radius 3 is 1.52 bits per heavy atom. The third kappa shape index (κ3) is 13.3. The molecule has 180 valence electrons. The zero-order valence-corrected chi connectivity index (χ0v) is 21.3. The van der Waals surface area contributed by atoms with Gasteiger partial charge in [0, 0.05) is 0 Å². The SMILES string of the molecule is CCCCCCCCCCCCCCCCCCc1cc(S(=O)(=O)O)ccc1C(C)C. The summed E-state index contributed by atoms with van der Waals surface area (Å²) < 4.78 is 32.2. The van der Waals surface area contributed by atoms with Gasteiger partial charge in [-0.15, -0.1) is 0 Å². The second-order valence-corrected chi connectivity index (χ2v) is 11.0. The second kappa shape index (κ2) is 16.7. The molecule has 0 aliphatic rings. The first-order valence-corrected chi connectivity index (χ1v) is 14.4. The van der Waals surface area contributed by atoms with Crippen LogP contribution in [0.4, 0.5) is 0 Å². The molecule has 4 heteroatoms. The summed E-state index contributed by atoms with van der Waals surface area (Å²) in [5, 5.41) is 0. The van der Waals surface area contributed by atoms with E-state index < -0.39 is 10.1 Å². The highest BCUT2D eigenvalue weighted by molar-refractivity contribution is 7.85. The molecule has 31 heavy (non-hydrogen) atoms. The van der Waals surface area contributed by atoms with Crippen molar-refractivity contribution in [3.8, 4) is 0 Å². The molecule has 0 aliphatic carbocycles. The lowest BCUT2D eigenvalue weighted by Gasteiger charge is -2.14. The molecule has 3 nitrogen and oxygen atoms in total. The molecule has 1 rings (SSSR count). The van der Waals surface area contributed by atoms with E-state index in [0.29, 0.717) is 5.92 Å². The fourth-order valence-corrected chi connectivity index (χ4v) is 4.92. The molecule has 0 bridgehead atoms. The van der Waals surface area contributed by atoms with Crippen LogP contribution in [0.3, 0.4) is 0 Å². The molecular weight excluding hydrogens is 404 g/mol. The molecule has 0 spiro atoms. The van der Waals surface area contributed by atoms with E-state index in [1.165, 1.54) is 108 Å². The molecule has 0 saturated carbocycles. The maximum absolute atomic E-state index is 11.4. The van der Waals surface area contributed by atoms with E-state index >= 15 is 0 Å². The van der Waals surface area contributed by atoms with Gasteiger partial charge in [0.05, 0.1) is 4.90 Å². The van der Waals surface area contributed by atoms with Gasteiger partial charge >= 0.3 is 0 Å². The molecule has 0 atom stereocenters. The van der Waals surface area contributed by atoms with Crippen LogP contribution in [0.1, 0.15) is 141 Å². The fraction of sp³-hybridized carbons (Fsp3) is 0.778. The molecule has 0 unspecified atom stereocenters. The van der Waals surface area contributed by atoms with Crippen LogP contribution in [0.5, 0.6) is 0 Å². The highest BCUT2D eigenvalue weighted by Gasteiger charge is 2.14. The predicted octanol–water partition coefficient (Wildman–Crippen LogP) is 8.86. The standard InChI is InChI=1S/C27H48O3S/c1-4-5-6-7-8-9-10-11-12-13-14-15-16-17-18-19-20-25-23-26(31(28,29)30)21-22-27(25)24(2)3/h21-24H,4-20H2,1-3H3,(H,28,29,30). The highest BCUT2D eigenvalue weighted by atomic mass is 32.2. The Morgan fingerprint density at radius 1 is 0.710 bits per heavy atom. The van der Waals surface area contributed by atoms with Gasteiger partial charge < -0.3 is 0 Å². The van der Waals surface area contributed by atoms with Crippen molar-refractivity contribution in [3.63, 3.8) is 0 Å². The molecule has 0 radical (unpaired) electrons. The number of hydrogen-bond acceptors (Lipinski definition) is 2. The van der Waals surface area contributed by atoms with E-state index in [2.05, 4.69) is 20.8 Å². The fourth-order valence-electron chi connectivity index (χ4n) is 4.39. The minimum absolute atomic E-state index is 0.0170. The van der Waals surface area contributed by atoms with E-state index in [1.54, 1.807) is 6.07 Å². The van der Waals surface area contributed by atoms with Crippen molar-refractivity contribution in [1.82, 2.24) is 0 Å². The summed E-state index contributed by atoms with van der Waals surface area (Å²) in [6.45, 7) is 6.52. The smallest absolute Gasteiger partial charge is 0.282 e. The first-order valence-electron chi connectivity index (χ1n) is 13.0. The number of unbranched alkanes of at least 4 members (excludes halogenated alkanes) is 15. The van der Waals surface area contributed by atoms with Crippen molar-refractivity contribution in [3.05, 3.63) is 29.3 Å². The van der Waals surface area contributed by atoms with Crippen LogP contribution in [0.25, 0.3) is 0 Å². The van der Waals surface area contributed by atoms with Crippen molar-refractivity contribution < 1.29 is 13.0 Å². The molecule has 0 saturated heterocycles. The monoisotopic (exact) mass is 452 g/mol. The molecule has 0 amide bonds. The van der Waals surface area contributed by atoms with Crippen LogP contribution < -0.4 is 0 Å². The van der Waals surface area contributed by atoms with Gasteiger partial charge in [-0.25, -0.2) is 0 Å². The van der Waals surface area contributed by atoms with Crippen molar-refractivity contribution in [2.75, 3.05) is 0 Å². The van der Waals surface area contributed by atoms with Crippen LogP contribution in [0, 0.1) is 0 Å². The van der Waals surface area contributed by atoms with Gasteiger partial charge in [0.2, 0.25) is 0 Å². The summed E-state index contributed by atoms with van der Waals surface area (Å²) in [6.07, 6.45) is 22.5.